The van der Waals surface area contributed by atoms with Crippen LogP contribution in [-0.4, -0.2) is 50.0 Å². The van der Waals surface area contributed by atoms with Gasteiger partial charge >= 0.3 is 0 Å². The van der Waals surface area contributed by atoms with Gasteiger partial charge in [0.1, 0.15) is 6.04 Å². The van der Waals surface area contributed by atoms with Crippen molar-refractivity contribution >= 4 is 62.3 Å². The molecule has 1 N–H and O–H groups in total. The van der Waals surface area contributed by atoms with Gasteiger partial charge in [-0.05, 0) is 57.0 Å². The quantitative estimate of drug-likeness (QED) is 0.360. The van der Waals surface area contributed by atoms with Crippen LogP contribution in [0.15, 0.2) is 42.5 Å². The summed E-state index contributed by atoms with van der Waals surface area (Å²) in [6, 6.07) is 10.7. The van der Waals surface area contributed by atoms with Gasteiger partial charge in [-0.15, -0.1) is 0 Å². The van der Waals surface area contributed by atoms with E-state index < -0.39 is 16.1 Å². The molecular formula is C25H32Cl3N3O4S. The fourth-order valence-corrected chi connectivity index (χ4v) is 5.45. The minimum atomic E-state index is -3.61. The van der Waals surface area contributed by atoms with Gasteiger partial charge in [-0.2, -0.15) is 0 Å². The molecular weight excluding hydrogens is 545 g/mol. The molecule has 0 heterocycles. The predicted molar refractivity (Wildman–Crippen MR) is 147 cm³/mol. The third-order valence-corrected chi connectivity index (χ3v) is 7.59. The van der Waals surface area contributed by atoms with Crippen molar-refractivity contribution in [2.45, 2.75) is 58.7 Å². The number of halogens is 3. The lowest BCUT2D eigenvalue weighted by Gasteiger charge is -2.32. The van der Waals surface area contributed by atoms with Crippen LogP contribution in [0.4, 0.5) is 5.69 Å². The Morgan fingerprint density at radius 3 is 2.17 bits per heavy atom. The predicted octanol–water partition coefficient (Wildman–Crippen LogP) is 5.53. The standard InChI is InChI=1S/C25H32Cl3N3O4S/c1-5-23(25(33)29-17(2)3)30(16-20-21(27)11-7-12-22(20)28)24(32)13-8-14-31(36(4,34)35)19-10-6-9-18(26)15-19/h6-7,9-12,15,17,23H,5,8,13-14,16H2,1-4H3,(H,29,33). The van der Waals surface area contributed by atoms with Crippen molar-refractivity contribution in [2.24, 2.45) is 0 Å². The van der Waals surface area contributed by atoms with Crippen molar-refractivity contribution in [2.75, 3.05) is 17.1 Å². The molecule has 2 aromatic carbocycles. The van der Waals surface area contributed by atoms with Crippen LogP contribution in [0.3, 0.4) is 0 Å². The SMILES string of the molecule is CCC(C(=O)NC(C)C)N(Cc1c(Cl)cccc1Cl)C(=O)CCCN(c1cccc(Cl)c1)S(C)(=O)=O. The lowest BCUT2D eigenvalue weighted by atomic mass is 10.1. The van der Waals surface area contributed by atoms with E-state index in [1.54, 1.807) is 42.5 Å². The van der Waals surface area contributed by atoms with Crippen molar-refractivity contribution in [3.05, 3.63) is 63.1 Å². The van der Waals surface area contributed by atoms with E-state index in [4.69, 9.17) is 34.8 Å². The Bertz CT molecular complexity index is 1150. The smallest absolute Gasteiger partial charge is 0.243 e. The summed E-state index contributed by atoms with van der Waals surface area (Å²) in [5.74, 6) is -0.586. The van der Waals surface area contributed by atoms with Crippen LogP contribution in [0.5, 0.6) is 0 Å². The normalized spacial score (nSPS) is 12.3. The number of carbonyl (C=O) groups excluding carboxylic acids is 2. The second kappa shape index (κ2) is 13.5. The zero-order valence-electron chi connectivity index (χ0n) is 20.8. The van der Waals surface area contributed by atoms with Crippen molar-refractivity contribution in [3.8, 4) is 0 Å². The number of benzene rings is 2. The Morgan fingerprint density at radius 1 is 1.03 bits per heavy atom. The second-order valence-electron chi connectivity index (χ2n) is 8.73. The number of anilines is 1. The fraction of sp³-hybridized carbons (Fsp3) is 0.440. The monoisotopic (exact) mass is 575 g/mol. The number of carbonyl (C=O) groups is 2. The average molecular weight is 577 g/mol. The molecule has 7 nitrogen and oxygen atoms in total. The summed E-state index contributed by atoms with van der Waals surface area (Å²) in [5.41, 5.74) is 0.960. The van der Waals surface area contributed by atoms with Crippen LogP contribution in [-0.2, 0) is 26.2 Å². The minimum Gasteiger partial charge on any atom is -0.352 e. The molecule has 0 aliphatic carbocycles. The summed E-state index contributed by atoms with van der Waals surface area (Å²) in [4.78, 5) is 27.9. The first-order chi connectivity index (χ1) is 16.8. The van der Waals surface area contributed by atoms with E-state index in [9.17, 15) is 18.0 Å². The zero-order valence-corrected chi connectivity index (χ0v) is 23.9. The van der Waals surface area contributed by atoms with Gasteiger partial charge in [0.05, 0.1) is 11.9 Å². The molecule has 0 spiro atoms. The third kappa shape index (κ3) is 8.54. The molecule has 36 heavy (non-hydrogen) atoms. The number of rotatable bonds is 12. The maximum absolute atomic E-state index is 13.5. The number of amides is 2. The molecule has 1 unspecified atom stereocenters. The van der Waals surface area contributed by atoms with Crippen molar-refractivity contribution < 1.29 is 18.0 Å². The topological polar surface area (TPSA) is 86.8 Å². The average Bonchev–Trinajstić information content (AvgIpc) is 2.77. The lowest BCUT2D eigenvalue weighted by Crippen LogP contribution is -2.50. The molecule has 1 atom stereocenters. The summed E-state index contributed by atoms with van der Waals surface area (Å²) >= 11 is 18.8. The van der Waals surface area contributed by atoms with Gasteiger partial charge in [-0.3, -0.25) is 13.9 Å². The Morgan fingerprint density at radius 2 is 1.64 bits per heavy atom. The van der Waals surface area contributed by atoms with Crippen LogP contribution < -0.4 is 9.62 Å². The molecule has 2 rings (SSSR count). The molecule has 0 aliphatic rings. The van der Waals surface area contributed by atoms with Gasteiger partial charge in [0.2, 0.25) is 21.8 Å². The van der Waals surface area contributed by atoms with E-state index >= 15 is 0 Å². The molecule has 0 bridgehead atoms. The highest BCUT2D eigenvalue weighted by Gasteiger charge is 2.30. The van der Waals surface area contributed by atoms with Crippen LogP contribution in [0.2, 0.25) is 15.1 Å². The molecule has 198 valence electrons. The lowest BCUT2D eigenvalue weighted by molar-refractivity contribution is -0.141. The van der Waals surface area contributed by atoms with Gasteiger partial charge < -0.3 is 10.2 Å². The van der Waals surface area contributed by atoms with Crippen molar-refractivity contribution in [3.63, 3.8) is 0 Å². The largest absolute Gasteiger partial charge is 0.352 e. The first kappa shape index (κ1) is 30.2. The first-order valence-electron chi connectivity index (χ1n) is 11.6. The molecule has 0 fully saturated rings. The second-order valence-corrected chi connectivity index (χ2v) is 11.9. The van der Waals surface area contributed by atoms with E-state index in [-0.39, 0.29) is 43.8 Å². The molecule has 11 heteroatoms. The maximum atomic E-state index is 13.5. The van der Waals surface area contributed by atoms with Gasteiger partial charge in [0, 0.05) is 46.2 Å². The third-order valence-electron chi connectivity index (χ3n) is 5.46. The summed E-state index contributed by atoms with van der Waals surface area (Å²) in [5, 5.41) is 4.06. The Hall–Kier alpha value is -2.00. The zero-order chi connectivity index (χ0) is 27.0. The molecule has 0 saturated carbocycles. The molecule has 2 amide bonds. The summed E-state index contributed by atoms with van der Waals surface area (Å²) in [6.45, 7) is 5.63. The summed E-state index contributed by atoms with van der Waals surface area (Å²) in [6.07, 6.45) is 1.72. The van der Waals surface area contributed by atoms with E-state index in [0.29, 0.717) is 32.7 Å². The van der Waals surface area contributed by atoms with Gasteiger partial charge in [-0.25, -0.2) is 8.42 Å². The summed E-state index contributed by atoms with van der Waals surface area (Å²) < 4.78 is 26.1. The highest BCUT2D eigenvalue weighted by atomic mass is 35.5. The van der Waals surface area contributed by atoms with Gasteiger partial charge in [0.25, 0.3) is 0 Å². The van der Waals surface area contributed by atoms with Gasteiger partial charge in [0.15, 0.2) is 0 Å². The Kier molecular flexibility index (Phi) is 11.3. The molecule has 2 aromatic rings. The van der Waals surface area contributed by atoms with Crippen LogP contribution in [0, 0.1) is 0 Å². The molecule has 0 aromatic heterocycles. The van der Waals surface area contributed by atoms with Crippen LogP contribution in [0.25, 0.3) is 0 Å². The Labute approximate surface area is 228 Å². The number of hydrogen-bond donors (Lipinski definition) is 1. The fourth-order valence-electron chi connectivity index (χ4n) is 3.79. The van der Waals surface area contributed by atoms with Crippen LogP contribution in [0.1, 0.15) is 45.6 Å². The highest BCUT2D eigenvalue weighted by Crippen LogP contribution is 2.28. The van der Waals surface area contributed by atoms with E-state index in [1.807, 2.05) is 20.8 Å². The number of sulfonamides is 1. The number of hydrogen-bond acceptors (Lipinski definition) is 4. The first-order valence-corrected chi connectivity index (χ1v) is 14.6. The highest BCUT2D eigenvalue weighted by molar-refractivity contribution is 7.92. The van der Waals surface area contributed by atoms with E-state index in [2.05, 4.69) is 5.32 Å². The molecule has 0 saturated heterocycles. The maximum Gasteiger partial charge on any atom is 0.243 e. The van der Waals surface area contributed by atoms with Crippen molar-refractivity contribution in [1.82, 2.24) is 10.2 Å². The Balaban J connectivity index is 2.28. The molecule has 0 aliphatic heterocycles. The van der Waals surface area contributed by atoms with Gasteiger partial charge in [-0.1, -0.05) is 53.9 Å². The van der Waals surface area contributed by atoms with E-state index in [0.717, 1.165) is 6.26 Å². The minimum absolute atomic E-state index is 0.0140. The molecule has 0 radical (unpaired) electrons. The van der Waals surface area contributed by atoms with E-state index in [1.165, 1.54) is 9.21 Å². The van der Waals surface area contributed by atoms with Crippen molar-refractivity contribution in [1.29, 1.82) is 0 Å². The van der Waals surface area contributed by atoms with Crippen LogP contribution >= 0.6 is 34.8 Å². The number of nitrogens with zero attached hydrogens (tertiary/aromatic N) is 2. The number of nitrogens with one attached hydrogen (secondary N) is 1. The summed E-state index contributed by atoms with van der Waals surface area (Å²) in [7, 11) is -3.61.